The van der Waals surface area contributed by atoms with E-state index < -0.39 is 16.0 Å². The number of hydrogen-bond acceptors (Lipinski definition) is 8. The third-order valence-electron chi connectivity index (χ3n) is 3.10. The van der Waals surface area contributed by atoms with Crippen molar-refractivity contribution < 1.29 is 22.7 Å². The zero-order chi connectivity index (χ0) is 18.6. The van der Waals surface area contributed by atoms with Crippen LogP contribution in [0.5, 0.6) is 0 Å². The quantitative estimate of drug-likeness (QED) is 0.535. The average Bonchev–Trinajstić information content (AvgIpc) is 3.09. The lowest BCUT2D eigenvalue weighted by molar-refractivity contribution is 0.0479. The molecule has 0 spiro atoms. The zero-order valence-corrected chi connectivity index (χ0v) is 16.4. The van der Waals surface area contributed by atoms with E-state index in [0.29, 0.717) is 21.9 Å². The highest BCUT2D eigenvalue weighted by molar-refractivity contribution is 7.88. The number of aromatic nitrogens is 1. The first-order valence-corrected chi connectivity index (χ1v) is 10.9. The second-order valence-electron chi connectivity index (χ2n) is 5.33. The number of ether oxygens (including phenoxy) is 1. The maximum Gasteiger partial charge on any atom is 0.350 e. The van der Waals surface area contributed by atoms with Crippen molar-refractivity contribution >= 4 is 44.4 Å². The van der Waals surface area contributed by atoms with Crippen LogP contribution in [0, 0.1) is 13.8 Å². The Morgan fingerprint density at radius 2 is 1.96 bits per heavy atom. The van der Waals surface area contributed by atoms with Gasteiger partial charge >= 0.3 is 5.97 Å². The Morgan fingerprint density at radius 1 is 1.24 bits per heavy atom. The predicted molar refractivity (Wildman–Crippen MR) is 97.1 cm³/mol. The van der Waals surface area contributed by atoms with Gasteiger partial charge in [0.15, 0.2) is 6.61 Å². The predicted octanol–water partition coefficient (Wildman–Crippen LogP) is 1.95. The molecule has 0 bridgehead atoms. The first kappa shape index (κ1) is 19.7. The first-order valence-electron chi connectivity index (χ1n) is 7.33. The minimum absolute atomic E-state index is 0.270. The molecule has 0 fully saturated rings. The molecule has 0 aliphatic heterocycles. The van der Waals surface area contributed by atoms with Crippen molar-refractivity contribution in [2.24, 2.45) is 0 Å². The Labute approximate surface area is 154 Å². The molecule has 2 aromatic heterocycles. The minimum Gasteiger partial charge on any atom is -0.453 e. The lowest BCUT2D eigenvalue weighted by Gasteiger charge is -2.02. The summed E-state index contributed by atoms with van der Waals surface area (Å²) >= 11 is 2.50. The zero-order valence-electron chi connectivity index (χ0n) is 14.0. The van der Waals surface area contributed by atoms with Gasteiger partial charge in [-0.25, -0.2) is 22.9 Å². The van der Waals surface area contributed by atoms with Crippen LogP contribution in [0.2, 0.25) is 0 Å². The molecule has 0 aliphatic carbocycles. The van der Waals surface area contributed by atoms with Gasteiger partial charge < -0.3 is 4.74 Å². The maximum atomic E-state index is 12.1. The first-order chi connectivity index (χ1) is 11.7. The smallest absolute Gasteiger partial charge is 0.350 e. The molecule has 10 heteroatoms. The van der Waals surface area contributed by atoms with Crippen molar-refractivity contribution in [2.45, 2.75) is 20.3 Å². The summed E-state index contributed by atoms with van der Waals surface area (Å²) in [4.78, 5) is 30.0. The second-order valence-corrected chi connectivity index (χ2v) is 9.53. The molecule has 0 aliphatic rings. The normalized spacial score (nSPS) is 11.5. The second kappa shape index (κ2) is 8.17. The Kier molecular flexibility index (Phi) is 6.44. The SMILES string of the molecule is Cc1nc(C)c(C(=O)OCC(=O)c2ccc(CCNS(C)(=O)=O)s2)s1. The van der Waals surface area contributed by atoms with Crippen LogP contribution in [0.25, 0.3) is 0 Å². The van der Waals surface area contributed by atoms with Gasteiger partial charge in [0.25, 0.3) is 0 Å². The molecule has 7 nitrogen and oxygen atoms in total. The van der Waals surface area contributed by atoms with E-state index in [4.69, 9.17) is 4.74 Å². The number of nitrogens with zero attached hydrogens (tertiary/aromatic N) is 1. The molecule has 0 aromatic carbocycles. The molecule has 1 N–H and O–H groups in total. The van der Waals surface area contributed by atoms with E-state index in [1.165, 1.54) is 22.7 Å². The van der Waals surface area contributed by atoms with Crippen LogP contribution < -0.4 is 4.72 Å². The van der Waals surface area contributed by atoms with Gasteiger partial charge in [0.2, 0.25) is 15.8 Å². The van der Waals surface area contributed by atoms with Crippen molar-refractivity contribution in [3.8, 4) is 0 Å². The van der Waals surface area contributed by atoms with Gasteiger partial charge in [0.1, 0.15) is 4.88 Å². The van der Waals surface area contributed by atoms with Crippen molar-refractivity contribution in [1.29, 1.82) is 0 Å². The monoisotopic (exact) mass is 402 g/mol. The molecule has 0 unspecified atom stereocenters. The Hall–Kier alpha value is -1.62. The number of rotatable bonds is 8. The number of sulfonamides is 1. The number of Topliss-reactive ketones (excluding diaryl/α,β-unsaturated/α-hetero) is 1. The number of carbonyl (C=O) groups excluding carboxylic acids is 2. The standard InChI is InChI=1S/C15H18N2O5S3/c1-9-14(23-10(2)17-9)15(19)22-8-12(18)13-5-4-11(24-13)6-7-16-25(3,20)21/h4-5,16H,6-8H2,1-3H3. The number of thiophene rings is 1. The summed E-state index contributed by atoms with van der Waals surface area (Å²) in [6, 6.07) is 3.42. The summed E-state index contributed by atoms with van der Waals surface area (Å²) in [6.07, 6.45) is 1.58. The Bertz CT molecular complexity index is 883. The van der Waals surface area contributed by atoms with Gasteiger partial charge in [-0.05, 0) is 32.4 Å². The fourth-order valence-electron chi connectivity index (χ4n) is 2.01. The van der Waals surface area contributed by atoms with Gasteiger partial charge in [-0.1, -0.05) is 0 Å². The highest BCUT2D eigenvalue weighted by Gasteiger charge is 2.18. The summed E-state index contributed by atoms with van der Waals surface area (Å²) in [5.74, 6) is -0.842. The van der Waals surface area contributed by atoms with Gasteiger partial charge in [-0.3, -0.25) is 4.79 Å². The average molecular weight is 403 g/mol. The molecule has 25 heavy (non-hydrogen) atoms. The number of nitrogens with one attached hydrogen (secondary N) is 1. The number of ketones is 1. The van der Waals surface area contributed by atoms with Crippen LogP contribution in [-0.4, -0.2) is 44.6 Å². The van der Waals surface area contributed by atoms with Crippen LogP contribution in [-0.2, 0) is 21.2 Å². The Morgan fingerprint density at radius 3 is 2.56 bits per heavy atom. The highest BCUT2D eigenvalue weighted by atomic mass is 32.2. The van der Waals surface area contributed by atoms with Gasteiger partial charge in [0.05, 0.1) is 21.8 Å². The lowest BCUT2D eigenvalue weighted by atomic mass is 10.3. The molecule has 0 radical (unpaired) electrons. The van der Waals surface area contributed by atoms with E-state index in [9.17, 15) is 18.0 Å². The van der Waals surface area contributed by atoms with Gasteiger partial charge in [-0.2, -0.15) is 0 Å². The molecule has 0 saturated carbocycles. The van der Waals surface area contributed by atoms with E-state index >= 15 is 0 Å². The summed E-state index contributed by atoms with van der Waals surface area (Å²) in [5, 5.41) is 0.765. The molecule has 136 valence electrons. The number of thiazole rings is 1. The van der Waals surface area contributed by atoms with Crippen molar-refractivity contribution in [3.05, 3.63) is 37.5 Å². The summed E-state index contributed by atoms with van der Waals surface area (Å²) in [7, 11) is -3.22. The van der Waals surface area contributed by atoms with Crippen LogP contribution in [0.1, 0.15) is 34.9 Å². The Balaban J connectivity index is 1.87. The molecule has 2 aromatic rings. The molecular formula is C15H18N2O5S3. The topological polar surface area (TPSA) is 102 Å². The van der Waals surface area contributed by atoms with Gasteiger partial charge in [0, 0.05) is 11.4 Å². The van der Waals surface area contributed by atoms with Crippen LogP contribution in [0.4, 0.5) is 0 Å². The highest BCUT2D eigenvalue weighted by Crippen LogP contribution is 2.20. The van der Waals surface area contributed by atoms with Gasteiger partial charge in [-0.15, -0.1) is 22.7 Å². The van der Waals surface area contributed by atoms with Crippen molar-refractivity contribution in [3.63, 3.8) is 0 Å². The molecule has 0 atom stereocenters. The van der Waals surface area contributed by atoms with Crippen LogP contribution in [0.15, 0.2) is 12.1 Å². The third-order valence-corrected chi connectivity index (χ3v) is 6.06. The van der Waals surface area contributed by atoms with Crippen LogP contribution in [0.3, 0.4) is 0 Å². The molecule has 0 amide bonds. The summed E-state index contributed by atoms with van der Waals surface area (Å²) in [5.41, 5.74) is 0.594. The third kappa shape index (κ3) is 5.99. The largest absolute Gasteiger partial charge is 0.453 e. The maximum absolute atomic E-state index is 12.1. The lowest BCUT2D eigenvalue weighted by Crippen LogP contribution is -2.24. The van der Waals surface area contributed by atoms with Crippen molar-refractivity contribution in [1.82, 2.24) is 9.71 Å². The van der Waals surface area contributed by atoms with E-state index in [0.717, 1.165) is 16.1 Å². The summed E-state index contributed by atoms with van der Waals surface area (Å²) in [6.45, 7) is 3.45. The molecule has 2 heterocycles. The fraction of sp³-hybridized carbons (Fsp3) is 0.400. The summed E-state index contributed by atoms with van der Waals surface area (Å²) < 4.78 is 29.5. The molecule has 2 rings (SSSR count). The molecular weight excluding hydrogens is 384 g/mol. The van der Waals surface area contributed by atoms with E-state index in [2.05, 4.69) is 9.71 Å². The fourth-order valence-corrected chi connectivity index (χ4v) is 4.23. The number of aryl methyl sites for hydroxylation is 2. The van der Waals surface area contributed by atoms with E-state index in [-0.39, 0.29) is 18.9 Å². The van der Waals surface area contributed by atoms with Crippen molar-refractivity contribution in [2.75, 3.05) is 19.4 Å². The van der Waals surface area contributed by atoms with E-state index in [1.807, 2.05) is 0 Å². The van der Waals surface area contributed by atoms with E-state index in [1.54, 1.807) is 26.0 Å². The number of carbonyl (C=O) groups is 2. The number of esters is 1. The number of hydrogen-bond donors (Lipinski definition) is 1. The van der Waals surface area contributed by atoms with Crippen LogP contribution >= 0.6 is 22.7 Å². The minimum atomic E-state index is -3.22. The molecule has 0 saturated heterocycles.